The lowest BCUT2D eigenvalue weighted by Crippen LogP contribution is -2.13. The molecule has 1 aromatic heterocycles. The van der Waals surface area contributed by atoms with Gasteiger partial charge < -0.3 is 4.57 Å². The molecule has 132 valence electrons. The molecule has 3 aromatic carbocycles. The zero-order valence-electron chi connectivity index (χ0n) is 15.3. The average Bonchev–Trinajstić information content (AvgIpc) is 3.01. The molecule has 27 heavy (non-hydrogen) atoms. The van der Waals surface area contributed by atoms with Crippen molar-refractivity contribution in [3.8, 4) is 0 Å². The molecule has 0 amide bonds. The second kappa shape index (κ2) is 6.69. The molecule has 0 N–H and O–H groups in total. The van der Waals surface area contributed by atoms with Crippen molar-refractivity contribution in [2.75, 3.05) is 0 Å². The largest absolute Gasteiger partial charge is 0.340 e. The van der Waals surface area contributed by atoms with Crippen molar-refractivity contribution in [2.45, 2.75) is 6.92 Å². The van der Waals surface area contributed by atoms with E-state index in [1.54, 1.807) is 12.1 Å². The standard InChI is InChI=1S/C24H19NO2/c1-16-12-14-18(15-13-16)23(26)21-19-10-6-7-11-20(19)25(2)22(21)24(27)17-8-4-3-5-9-17/h3-15H,1-2H3. The molecule has 0 fully saturated rings. The Morgan fingerprint density at radius 2 is 1.30 bits per heavy atom. The molecule has 0 bridgehead atoms. The first-order valence-corrected chi connectivity index (χ1v) is 8.86. The molecular formula is C24H19NO2. The van der Waals surface area contributed by atoms with Crippen LogP contribution in [0.5, 0.6) is 0 Å². The van der Waals surface area contributed by atoms with E-state index < -0.39 is 0 Å². The van der Waals surface area contributed by atoms with E-state index in [0.717, 1.165) is 16.5 Å². The second-order valence-electron chi connectivity index (χ2n) is 6.69. The van der Waals surface area contributed by atoms with Crippen molar-refractivity contribution in [1.29, 1.82) is 0 Å². The number of fused-ring (bicyclic) bond motifs is 1. The summed E-state index contributed by atoms with van der Waals surface area (Å²) in [5.41, 5.74) is 4.00. The quantitative estimate of drug-likeness (QED) is 0.487. The highest BCUT2D eigenvalue weighted by Gasteiger charge is 2.27. The SMILES string of the molecule is Cc1ccc(C(=O)c2c(C(=O)c3ccccc3)n(C)c3ccccc23)cc1. The van der Waals surface area contributed by atoms with Crippen LogP contribution in [0.3, 0.4) is 0 Å². The Morgan fingerprint density at radius 1 is 0.704 bits per heavy atom. The maximum Gasteiger partial charge on any atom is 0.210 e. The highest BCUT2D eigenvalue weighted by atomic mass is 16.1. The molecule has 0 aliphatic rings. The van der Waals surface area contributed by atoms with Crippen LogP contribution in [0.1, 0.15) is 37.5 Å². The van der Waals surface area contributed by atoms with E-state index in [-0.39, 0.29) is 11.6 Å². The van der Waals surface area contributed by atoms with Gasteiger partial charge in [0.2, 0.25) is 5.78 Å². The molecule has 1 heterocycles. The molecule has 0 saturated heterocycles. The Morgan fingerprint density at radius 3 is 2.00 bits per heavy atom. The molecule has 4 aromatic rings. The van der Waals surface area contributed by atoms with E-state index in [1.165, 1.54) is 0 Å². The van der Waals surface area contributed by atoms with Crippen molar-refractivity contribution in [1.82, 2.24) is 4.57 Å². The number of hydrogen-bond acceptors (Lipinski definition) is 2. The van der Waals surface area contributed by atoms with Gasteiger partial charge in [0.25, 0.3) is 0 Å². The van der Waals surface area contributed by atoms with E-state index in [4.69, 9.17) is 0 Å². The maximum atomic E-state index is 13.4. The molecule has 3 heteroatoms. The van der Waals surface area contributed by atoms with E-state index in [2.05, 4.69) is 0 Å². The number of carbonyl (C=O) groups is 2. The monoisotopic (exact) mass is 353 g/mol. The smallest absolute Gasteiger partial charge is 0.210 e. The summed E-state index contributed by atoms with van der Waals surface area (Å²) in [7, 11) is 1.84. The zero-order chi connectivity index (χ0) is 19.0. The van der Waals surface area contributed by atoms with Crippen LogP contribution in [0, 0.1) is 6.92 Å². The van der Waals surface area contributed by atoms with E-state index >= 15 is 0 Å². The van der Waals surface area contributed by atoms with Crippen molar-refractivity contribution in [3.63, 3.8) is 0 Å². The number of aromatic nitrogens is 1. The van der Waals surface area contributed by atoms with Gasteiger partial charge in [-0.05, 0) is 13.0 Å². The number of benzene rings is 3. The van der Waals surface area contributed by atoms with Gasteiger partial charge in [-0.3, -0.25) is 9.59 Å². The minimum atomic E-state index is -0.148. The van der Waals surface area contributed by atoms with Crippen molar-refractivity contribution in [2.24, 2.45) is 7.05 Å². The Labute approximate surface area is 157 Å². The average molecular weight is 353 g/mol. The molecule has 4 rings (SSSR count). The molecule has 0 aliphatic carbocycles. The number of rotatable bonds is 4. The van der Waals surface area contributed by atoms with Gasteiger partial charge in [0, 0.05) is 29.1 Å². The molecule has 0 saturated carbocycles. The minimum Gasteiger partial charge on any atom is -0.340 e. The van der Waals surface area contributed by atoms with Crippen LogP contribution in [-0.2, 0) is 7.05 Å². The number of nitrogens with zero attached hydrogens (tertiary/aromatic N) is 1. The number of hydrogen-bond donors (Lipinski definition) is 0. The summed E-state index contributed by atoms with van der Waals surface area (Å²) >= 11 is 0. The first kappa shape index (κ1) is 17.0. The van der Waals surface area contributed by atoms with E-state index in [9.17, 15) is 9.59 Å². The zero-order valence-corrected chi connectivity index (χ0v) is 15.3. The van der Waals surface area contributed by atoms with Gasteiger partial charge in [0.15, 0.2) is 5.78 Å². The van der Waals surface area contributed by atoms with Crippen LogP contribution in [0.25, 0.3) is 10.9 Å². The van der Waals surface area contributed by atoms with Crippen LogP contribution in [-0.4, -0.2) is 16.1 Å². The van der Waals surface area contributed by atoms with Crippen LogP contribution >= 0.6 is 0 Å². The molecule has 0 atom stereocenters. The third-order valence-electron chi connectivity index (χ3n) is 4.90. The van der Waals surface area contributed by atoms with Crippen molar-refractivity contribution >= 4 is 22.5 Å². The number of aryl methyl sites for hydroxylation is 2. The number of ketones is 2. The predicted molar refractivity (Wildman–Crippen MR) is 107 cm³/mol. The lowest BCUT2D eigenvalue weighted by atomic mass is 9.96. The van der Waals surface area contributed by atoms with Crippen LogP contribution < -0.4 is 0 Å². The number of carbonyl (C=O) groups excluding carboxylic acids is 2. The molecule has 0 radical (unpaired) electrons. The number of para-hydroxylation sites is 1. The minimum absolute atomic E-state index is 0.133. The van der Waals surface area contributed by atoms with Crippen LogP contribution in [0.4, 0.5) is 0 Å². The second-order valence-corrected chi connectivity index (χ2v) is 6.69. The van der Waals surface area contributed by atoms with Gasteiger partial charge in [0.05, 0.1) is 5.56 Å². The summed E-state index contributed by atoms with van der Waals surface area (Å²) in [5.74, 6) is -0.282. The highest BCUT2D eigenvalue weighted by Crippen LogP contribution is 2.29. The highest BCUT2D eigenvalue weighted by molar-refractivity contribution is 6.25. The Balaban J connectivity index is 1.97. The summed E-state index contributed by atoms with van der Waals surface area (Å²) < 4.78 is 1.83. The summed E-state index contributed by atoms with van der Waals surface area (Å²) in [4.78, 5) is 26.7. The normalized spacial score (nSPS) is 10.9. The summed E-state index contributed by atoms with van der Waals surface area (Å²) in [6.07, 6.45) is 0. The first-order valence-electron chi connectivity index (χ1n) is 8.86. The fraction of sp³-hybridized carbons (Fsp3) is 0.0833. The van der Waals surface area contributed by atoms with Gasteiger partial charge in [-0.25, -0.2) is 0 Å². The van der Waals surface area contributed by atoms with E-state index in [0.29, 0.717) is 22.4 Å². The Kier molecular flexibility index (Phi) is 4.21. The molecule has 0 aliphatic heterocycles. The molecule has 3 nitrogen and oxygen atoms in total. The predicted octanol–water partition coefficient (Wildman–Crippen LogP) is 4.95. The van der Waals surface area contributed by atoms with Gasteiger partial charge in [0.1, 0.15) is 5.69 Å². The summed E-state index contributed by atoms with van der Waals surface area (Å²) in [6.45, 7) is 1.98. The topological polar surface area (TPSA) is 39.1 Å². The fourth-order valence-corrected chi connectivity index (χ4v) is 3.46. The van der Waals surface area contributed by atoms with Gasteiger partial charge in [-0.1, -0.05) is 78.4 Å². The van der Waals surface area contributed by atoms with Crippen molar-refractivity contribution in [3.05, 3.63) is 107 Å². The van der Waals surface area contributed by atoms with Crippen molar-refractivity contribution < 1.29 is 9.59 Å². The Hall–Kier alpha value is -3.46. The van der Waals surface area contributed by atoms with E-state index in [1.807, 2.05) is 85.3 Å². The lowest BCUT2D eigenvalue weighted by molar-refractivity contribution is 0.0999. The Bertz CT molecular complexity index is 1150. The molecule has 0 unspecified atom stereocenters. The van der Waals surface area contributed by atoms with Crippen LogP contribution in [0.2, 0.25) is 0 Å². The molecular weight excluding hydrogens is 334 g/mol. The van der Waals surface area contributed by atoms with Gasteiger partial charge >= 0.3 is 0 Å². The maximum absolute atomic E-state index is 13.4. The third-order valence-corrected chi connectivity index (χ3v) is 4.90. The van der Waals surface area contributed by atoms with Gasteiger partial charge in [-0.15, -0.1) is 0 Å². The van der Waals surface area contributed by atoms with Crippen LogP contribution in [0.15, 0.2) is 78.9 Å². The summed E-state index contributed by atoms with van der Waals surface area (Å²) in [6, 6.07) is 24.2. The third kappa shape index (κ3) is 2.87. The lowest BCUT2D eigenvalue weighted by Gasteiger charge is -2.07. The molecule has 0 spiro atoms. The van der Waals surface area contributed by atoms with Gasteiger partial charge in [-0.2, -0.15) is 0 Å². The summed E-state index contributed by atoms with van der Waals surface area (Å²) in [5, 5.41) is 0.796. The first-order chi connectivity index (χ1) is 13.1. The fourth-order valence-electron chi connectivity index (χ4n) is 3.46.